The van der Waals surface area contributed by atoms with E-state index in [9.17, 15) is 4.79 Å². The van der Waals surface area contributed by atoms with Gasteiger partial charge in [0, 0.05) is 33.3 Å². The number of hydrogen-bond acceptors (Lipinski definition) is 4. The topological polar surface area (TPSA) is 47.6 Å². The summed E-state index contributed by atoms with van der Waals surface area (Å²) in [7, 11) is 3.15. The van der Waals surface area contributed by atoms with E-state index in [4.69, 9.17) is 9.47 Å². The Bertz CT molecular complexity index is 654. The third-order valence-electron chi connectivity index (χ3n) is 3.11. The summed E-state index contributed by atoms with van der Waals surface area (Å²) in [5.41, 5.74) is 0.648. The first-order valence-corrected chi connectivity index (χ1v) is 8.65. The lowest BCUT2D eigenvalue weighted by Gasteiger charge is -2.14. The number of benzene rings is 2. The summed E-state index contributed by atoms with van der Waals surface area (Å²) in [6.07, 6.45) is 0. The number of rotatable bonds is 6. The number of methoxy groups -OCH3 is 2. The van der Waals surface area contributed by atoms with Crippen LogP contribution in [-0.4, -0.2) is 25.4 Å². The molecule has 2 aromatic carbocycles. The number of hydrogen-bond donors (Lipinski definition) is 1. The predicted octanol–water partition coefficient (Wildman–Crippen LogP) is 4.59. The van der Waals surface area contributed by atoms with E-state index in [1.165, 1.54) is 11.8 Å². The van der Waals surface area contributed by atoms with Gasteiger partial charge in [0.15, 0.2) is 0 Å². The van der Waals surface area contributed by atoms with Gasteiger partial charge in [0.05, 0.1) is 19.5 Å². The number of anilines is 1. The Morgan fingerprint density at radius 1 is 1.09 bits per heavy atom. The van der Waals surface area contributed by atoms with Crippen LogP contribution in [-0.2, 0) is 4.79 Å². The van der Waals surface area contributed by atoms with Crippen molar-refractivity contribution in [1.29, 1.82) is 0 Å². The summed E-state index contributed by atoms with van der Waals surface area (Å²) in [5, 5.41) is 2.67. The molecule has 0 fully saturated rings. The standard InChI is InChI=1S/C17H18BrNO3S/c1-11(23-16-6-4-12(18)5-7-16)17(20)19-13-8-14(21-2)10-15(9-13)22-3/h4-11H,1-3H3,(H,19,20)/t11-/m0/s1. The molecular formula is C17H18BrNO3S. The zero-order chi connectivity index (χ0) is 16.8. The number of nitrogens with one attached hydrogen (secondary N) is 1. The van der Waals surface area contributed by atoms with Crippen LogP contribution in [0.2, 0.25) is 0 Å². The van der Waals surface area contributed by atoms with Crippen molar-refractivity contribution in [1.82, 2.24) is 0 Å². The predicted molar refractivity (Wildman–Crippen MR) is 97.6 cm³/mol. The fourth-order valence-corrected chi connectivity index (χ4v) is 3.03. The van der Waals surface area contributed by atoms with E-state index in [1.54, 1.807) is 32.4 Å². The third-order valence-corrected chi connectivity index (χ3v) is 4.76. The van der Waals surface area contributed by atoms with Gasteiger partial charge in [-0.2, -0.15) is 0 Å². The van der Waals surface area contributed by atoms with Gasteiger partial charge in [0.25, 0.3) is 0 Å². The Labute approximate surface area is 148 Å². The van der Waals surface area contributed by atoms with Crippen LogP contribution in [0.5, 0.6) is 11.5 Å². The molecule has 0 saturated carbocycles. The van der Waals surface area contributed by atoms with Crippen molar-refractivity contribution >= 4 is 39.3 Å². The van der Waals surface area contributed by atoms with E-state index in [0.717, 1.165) is 9.37 Å². The molecule has 0 heterocycles. The van der Waals surface area contributed by atoms with Gasteiger partial charge in [-0.1, -0.05) is 15.9 Å². The second kappa shape index (κ2) is 8.26. The van der Waals surface area contributed by atoms with Crippen molar-refractivity contribution < 1.29 is 14.3 Å². The SMILES string of the molecule is COc1cc(NC(=O)[C@H](C)Sc2ccc(Br)cc2)cc(OC)c1. The van der Waals surface area contributed by atoms with Crippen molar-refractivity contribution in [3.63, 3.8) is 0 Å². The van der Waals surface area contributed by atoms with Crippen molar-refractivity contribution in [2.24, 2.45) is 0 Å². The lowest BCUT2D eigenvalue weighted by Crippen LogP contribution is -2.22. The lowest BCUT2D eigenvalue weighted by atomic mass is 10.2. The van der Waals surface area contributed by atoms with Gasteiger partial charge in [0.1, 0.15) is 11.5 Å². The fourth-order valence-electron chi connectivity index (χ4n) is 1.89. The molecule has 1 amide bonds. The van der Waals surface area contributed by atoms with E-state index in [1.807, 2.05) is 31.2 Å². The molecule has 1 N–H and O–H groups in total. The molecule has 0 aliphatic rings. The zero-order valence-electron chi connectivity index (χ0n) is 13.1. The third kappa shape index (κ3) is 5.18. The average Bonchev–Trinajstić information content (AvgIpc) is 2.56. The molecule has 0 saturated heterocycles. The second-order valence-corrected chi connectivity index (χ2v) is 7.13. The van der Waals surface area contributed by atoms with E-state index < -0.39 is 0 Å². The normalized spacial score (nSPS) is 11.7. The number of halogens is 1. The van der Waals surface area contributed by atoms with Gasteiger partial charge in [-0.15, -0.1) is 11.8 Å². The molecule has 0 unspecified atom stereocenters. The van der Waals surface area contributed by atoms with Crippen LogP contribution < -0.4 is 14.8 Å². The maximum Gasteiger partial charge on any atom is 0.237 e. The summed E-state index contributed by atoms with van der Waals surface area (Å²) in [6, 6.07) is 13.2. The Morgan fingerprint density at radius 2 is 1.65 bits per heavy atom. The van der Waals surface area contributed by atoms with E-state index >= 15 is 0 Å². The van der Waals surface area contributed by atoms with Gasteiger partial charge >= 0.3 is 0 Å². The fraction of sp³-hybridized carbons (Fsp3) is 0.235. The van der Waals surface area contributed by atoms with Crippen LogP contribution in [0.25, 0.3) is 0 Å². The molecule has 122 valence electrons. The largest absolute Gasteiger partial charge is 0.497 e. The maximum absolute atomic E-state index is 12.4. The average molecular weight is 396 g/mol. The summed E-state index contributed by atoms with van der Waals surface area (Å²) in [5.74, 6) is 1.19. The Kier molecular flexibility index (Phi) is 6.36. The number of thioether (sulfide) groups is 1. The maximum atomic E-state index is 12.4. The van der Waals surface area contributed by atoms with E-state index in [0.29, 0.717) is 17.2 Å². The summed E-state index contributed by atoms with van der Waals surface area (Å²) in [6.45, 7) is 1.87. The van der Waals surface area contributed by atoms with Gasteiger partial charge in [0.2, 0.25) is 5.91 Å². The van der Waals surface area contributed by atoms with Crippen molar-refractivity contribution in [3.05, 3.63) is 46.9 Å². The molecule has 0 bridgehead atoms. The van der Waals surface area contributed by atoms with Gasteiger partial charge < -0.3 is 14.8 Å². The second-order valence-electron chi connectivity index (χ2n) is 4.80. The molecule has 1 atom stereocenters. The van der Waals surface area contributed by atoms with E-state index in [2.05, 4.69) is 21.2 Å². The summed E-state index contributed by atoms with van der Waals surface area (Å²) in [4.78, 5) is 13.4. The van der Waals surface area contributed by atoms with Crippen molar-refractivity contribution in [3.8, 4) is 11.5 Å². The van der Waals surface area contributed by atoms with E-state index in [-0.39, 0.29) is 11.2 Å². The first-order valence-electron chi connectivity index (χ1n) is 6.98. The van der Waals surface area contributed by atoms with Crippen molar-refractivity contribution in [2.45, 2.75) is 17.1 Å². The van der Waals surface area contributed by atoms with Crippen LogP contribution in [0, 0.1) is 0 Å². The number of carbonyl (C=O) groups is 1. The summed E-state index contributed by atoms with van der Waals surface area (Å²) < 4.78 is 11.4. The molecule has 0 aliphatic carbocycles. The molecule has 4 nitrogen and oxygen atoms in total. The zero-order valence-corrected chi connectivity index (χ0v) is 15.5. The highest BCUT2D eigenvalue weighted by Gasteiger charge is 2.15. The van der Waals surface area contributed by atoms with Gasteiger partial charge in [-0.25, -0.2) is 0 Å². The van der Waals surface area contributed by atoms with Crippen LogP contribution in [0.1, 0.15) is 6.92 Å². The quantitative estimate of drug-likeness (QED) is 0.726. The molecule has 6 heteroatoms. The van der Waals surface area contributed by atoms with Crippen LogP contribution in [0.15, 0.2) is 51.8 Å². The monoisotopic (exact) mass is 395 g/mol. The van der Waals surface area contributed by atoms with Crippen LogP contribution in [0.3, 0.4) is 0 Å². The molecule has 0 aliphatic heterocycles. The number of amides is 1. The van der Waals surface area contributed by atoms with Gasteiger partial charge in [-0.05, 0) is 31.2 Å². The Morgan fingerprint density at radius 3 is 2.17 bits per heavy atom. The van der Waals surface area contributed by atoms with Crippen LogP contribution in [0.4, 0.5) is 5.69 Å². The molecule has 2 rings (SSSR count). The number of ether oxygens (including phenoxy) is 2. The molecule has 0 radical (unpaired) electrons. The summed E-state index contributed by atoms with van der Waals surface area (Å²) >= 11 is 4.90. The molecule has 23 heavy (non-hydrogen) atoms. The first-order chi connectivity index (χ1) is 11.0. The minimum atomic E-state index is -0.228. The van der Waals surface area contributed by atoms with Gasteiger partial charge in [-0.3, -0.25) is 4.79 Å². The van der Waals surface area contributed by atoms with Crippen LogP contribution >= 0.6 is 27.7 Å². The first kappa shape index (κ1) is 17.7. The Hall–Kier alpha value is -1.66. The lowest BCUT2D eigenvalue weighted by molar-refractivity contribution is -0.115. The molecular weight excluding hydrogens is 378 g/mol. The van der Waals surface area contributed by atoms with Crippen molar-refractivity contribution in [2.75, 3.05) is 19.5 Å². The number of carbonyl (C=O) groups excluding carboxylic acids is 1. The highest BCUT2D eigenvalue weighted by atomic mass is 79.9. The molecule has 0 spiro atoms. The molecule has 2 aromatic rings. The Balaban J connectivity index is 2.04. The minimum Gasteiger partial charge on any atom is -0.497 e. The smallest absolute Gasteiger partial charge is 0.237 e. The highest BCUT2D eigenvalue weighted by molar-refractivity contribution is 9.10. The minimum absolute atomic E-state index is 0.0757. The molecule has 0 aromatic heterocycles. The highest BCUT2D eigenvalue weighted by Crippen LogP contribution is 2.28.